The summed E-state index contributed by atoms with van der Waals surface area (Å²) >= 11 is 0. The molecule has 2 fully saturated rings. The van der Waals surface area contributed by atoms with Crippen LogP contribution in [0.3, 0.4) is 0 Å². The zero-order chi connectivity index (χ0) is 50.6. The molecule has 1 aromatic carbocycles. The standard InChI is InChI=1S/C11H18O2.C10H16O2.C10H14O2.C10H10O2.C6H10O2.C6H8O2/c1-7-4-5-10(8(2)12)11(6-7)9(3)13;3*1-7(11)9-5-3-4-6-10(9)8(2)12;2*1-5(7)3-4-6(2)8/h7,10-11H,4-6H2,1-3H3;9-10H,3-6H2,1-2H3;3-4,9-10H,5-6H2,1-2H3;3-6H,1-2H3;3-4H2,1-2H3;3-4H,1-2H3. The van der Waals surface area contributed by atoms with Crippen LogP contribution in [0.25, 0.3) is 0 Å². The number of hydrogen-bond donors (Lipinski definition) is 0. The minimum Gasteiger partial charge on any atom is -0.300 e. The number of ketones is 12. The first-order valence-electron chi connectivity index (χ1n) is 22.6. The Hall–Kier alpha value is -5.26. The predicted molar refractivity (Wildman–Crippen MR) is 252 cm³/mol. The summed E-state index contributed by atoms with van der Waals surface area (Å²) < 4.78 is 0. The molecule has 0 N–H and O–H groups in total. The molecule has 4 rings (SSSR count). The van der Waals surface area contributed by atoms with Crippen molar-refractivity contribution in [3.63, 3.8) is 0 Å². The third-order valence-corrected chi connectivity index (χ3v) is 11.5. The molecule has 0 heterocycles. The first-order chi connectivity index (χ1) is 30.1. The minimum atomic E-state index is -0.0970. The number of rotatable bonds is 13. The van der Waals surface area contributed by atoms with E-state index in [0.717, 1.165) is 57.8 Å². The zero-order valence-corrected chi connectivity index (χ0v) is 41.3. The van der Waals surface area contributed by atoms with Crippen LogP contribution in [0.15, 0.2) is 48.6 Å². The molecule has 3 aliphatic carbocycles. The number of carbonyl (C=O) groups is 12. The number of Topliss-reactive ketones (excluding diaryl/α,β-unsaturated/α-hetero) is 10. The van der Waals surface area contributed by atoms with Crippen molar-refractivity contribution >= 4 is 69.4 Å². The molecular weight excluding hydrogens is 829 g/mol. The fourth-order valence-corrected chi connectivity index (χ4v) is 7.82. The normalized spacial score (nSPS) is 21.6. The molecule has 7 unspecified atom stereocenters. The number of hydrogen-bond acceptors (Lipinski definition) is 12. The molecule has 0 aliphatic heterocycles. The molecule has 12 nitrogen and oxygen atoms in total. The van der Waals surface area contributed by atoms with Crippen LogP contribution in [0.2, 0.25) is 0 Å². The fraction of sp³-hybridized carbons (Fsp3) is 0.585. The van der Waals surface area contributed by atoms with E-state index in [2.05, 4.69) is 6.92 Å². The lowest BCUT2D eigenvalue weighted by Gasteiger charge is -2.31. The molecule has 3 aliphatic rings. The van der Waals surface area contributed by atoms with Gasteiger partial charge in [-0.3, -0.25) is 47.9 Å². The van der Waals surface area contributed by atoms with Crippen LogP contribution in [-0.4, -0.2) is 69.4 Å². The van der Waals surface area contributed by atoms with Gasteiger partial charge in [0, 0.05) is 59.5 Å². The number of benzene rings is 1. The summed E-state index contributed by atoms with van der Waals surface area (Å²) in [4.78, 5) is 130. The Kier molecular flexibility index (Phi) is 31.6. The molecule has 0 amide bonds. The lowest BCUT2D eigenvalue weighted by molar-refractivity contribution is -0.132. The Labute approximate surface area is 387 Å². The maximum absolute atomic E-state index is 11.3. The van der Waals surface area contributed by atoms with Gasteiger partial charge >= 0.3 is 0 Å². The van der Waals surface area contributed by atoms with Crippen molar-refractivity contribution in [2.75, 3.05) is 0 Å². The highest BCUT2D eigenvalue weighted by Gasteiger charge is 2.34. The van der Waals surface area contributed by atoms with E-state index >= 15 is 0 Å². The average molecular weight is 905 g/mol. The summed E-state index contributed by atoms with van der Waals surface area (Å²) in [5.74, 6) is 1.40. The Bertz CT molecular complexity index is 1790. The average Bonchev–Trinajstić information content (AvgIpc) is 3.23. The second-order valence-corrected chi connectivity index (χ2v) is 17.6. The highest BCUT2D eigenvalue weighted by Crippen LogP contribution is 2.35. The minimum absolute atomic E-state index is 0.00116. The molecule has 1 aromatic rings. The first-order valence-corrected chi connectivity index (χ1v) is 22.6. The van der Waals surface area contributed by atoms with Crippen LogP contribution < -0.4 is 0 Å². The van der Waals surface area contributed by atoms with E-state index in [9.17, 15) is 57.5 Å². The van der Waals surface area contributed by atoms with Gasteiger partial charge in [-0.2, -0.15) is 0 Å². The van der Waals surface area contributed by atoms with E-state index in [1.54, 1.807) is 65.8 Å². The molecule has 360 valence electrons. The molecule has 0 aromatic heterocycles. The molecule has 7 atom stereocenters. The van der Waals surface area contributed by atoms with E-state index < -0.39 is 0 Å². The second kappa shape index (κ2) is 33.3. The van der Waals surface area contributed by atoms with Gasteiger partial charge in [-0.1, -0.05) is 56.2 Å². The molecule has 65 heavy (non-hydrogen) atoms. The van der Waals surface area contributed by atoms with Crippen molar-refractivity contribution in [2.24, 2.45) is 41.4 Å². The van der Waals surface area contributed by atoms with E-state index in [0.29, 0.717) is 29.9 Å². The van der Waals surface area contributed by atoms with Crippen LogP contribution in [-0.2, 0) is 47.9 Å². The summed E-state index contributed by atoms with van der Waals surface area (Å²) in [6, 6.07) is 6.84. The molecule has 12 heteroatoms. The van der Waals surface area contributed by atoms with Crippen LogP contribution in [0, 0.1) is 41.4 Å². The van der Waals surface area contributed by atoms with Crippen LogP contribution in [0.1, 0.15) is 181 Å². The first kappa shape index (κ1) is 61.8. The fourth-order valence-electron chi connectivity index (χ4n) is 7.82. The van der Waals surface area contributed by atoms with Crippen LogP contribution in [0.5, 0.6) is 0 Å². The van der Waals surface area contributed by atoms with Gasteiger partial charge in [-0.25, -0.2) is 0 Å². The summed E-state index contributed by atoms with van der Waals surface area (Å²) in [7, 11) is 0. The van der Waals surface area contributed by atoms with Crippen molar-refractivity contribution in [1.29, 1.82) is 0 Å². The van der Waals surface area contributed by atoms with Crippen LogP contribution in [0.4, 0.5) is 0 Å². The maximum atomic E-state index is 11.3. The molecule has 0 spiro atoms. The van der Waals surface area contributed by atoms with Crippen LogP contribution >= 0.6 is 0 Å². The van der Waals surface area contributed by atoms with Gasteiger partial charge in [0.1, 0.15) is 46.3 Å². The summed E-state index contributed by atoms with van der Waals surface area (Å²) in [6.07, 6.45) is 15.7. The van der Waals surface area contributed by atoms with Gasteiger partial charge < -0.3 is 9.59 Å². The SMILES string of the molecule is CC(=O)C1CC=CCC1C(C)=O.CC(=O)C1CCC(C)CC1C(C)=O.CC(=O)C1CCCCC1C(C)=O.CC(=O)C=CC(C)=O.CC(=O)CCC(C)=O.CC(=O)c1ccccc1C(C)=O. The van der Waals surface area contributed by atoms with E-state index in [4.69, 9.17) is 0 Å². The van der Waals surface area contributed by atoms with E-state index in [1.807, 2.05) is 12.2 Å². The summed E-state index contributed by atoms with van der Waals surface area (Å²) in [5, 5.41) is 0. The highest BCUT2D eigenvalue weighted by atomic mass is 16.2. The Balaban J connectivity index is 0. The molecular formula is C53H76O12. The smallest absolute Gasteiger partial charge is 0.160 e. The monoisotopic (exact) mass is 905 g/mol. The van der Waals surface area contributed by atoms with Gasteiger partial charge in [-0.15, -0.1) is 0 Å². The van der Waals surface area contributed by atoms with Crippen molar-refractivity contribution in [1.82, 2.24) is 0 Å². The van der Waals surface area contributed by atoms with E-state index in [-0.39, 0.29) is 105 Å². The Morgan fingerprint density at radius 3 is 1.00 bits per heavy atom. The van der Waals surface area contributed by atoms with Crippen molar-refractivity contribution in [3.05, 3.63) is 59.7 Å². The Morgan fingerprint density at radius 1 is 0.431 bits per heavy atom. The van der Waals surface area contributed by atoms with E-state index in [1.165, 1.54) is 53.7 Å². The summed E-state index contributed by atoms with van der Waals surface area (Å²) in [6.45, 7) is 20.4. The number of carbonyl (C=O) groups excluding carboxylic acids is 12. The molecule has 2 saturated carbocycles. The van der Waals surface area contributed by atoms with Crippen molar-refractivity contribution < 1.29 is 57.5 Å². The highest BCUT2D eigenvalue weighted by molar-refractivity contribution is 6.07. The van der Waals surface area contributed by atoms with Gasteiger partial charge in [0.05, 0.1) is 0 Å². The van der Waals surface area contributed by atoms with Gasteiger partial charge in [-0.05, 0) is 146 Å². The Morgan fingerprint density at radius 2 is 0.738 bits per heavy atom. The topological polar surface area (TPSA) is 205 Å². The largest absolute Gasteiger partial charge is 0.300 e. The third-order valence-electron chi connectivity index (χ3n) is 11.5. The third kappa shape index (κ3) is 27.6. The molecule has 0 radical (unpaired) electrons. The van der Waals surface area contributed by atoms with Gasteiger partial charge in [0.25, 0.3) is 0 Å². The quantitative estimate of drug-likeness (QED) is 0.103. The van der Waals surface area contributed by atoms with Crippen molar-refractivity contribution in [2.45, 2.75) is 161 Å². The van der Waals surface area contributed by atoms with Crippen molar-refractivity contribution in [3.8, 4) is 0 Å². The maximum Gasteiger partial charge on any atom is 0.160 e. The van der Waals surface area contributed by atoms with Gasteiger partial charge in [0.15, 0.2) is 23.1 Å². The lowest BCUT2D eigenvalue weighted by atomic mass is 9.71. The molecule has 0 saturated heterocycles. The second-order valence-electron chi connectivity index (χ2n) is 17.6. The lowest BCUT2D eigenvalue weighted by Crippen LogP contribution is -2.33. The molecule has 0 bridgehead atoms. The number of allylic oxidation sites excluding steroid dienone is 4. The summed E-state index contributed by atoms with van der Waals surface area (Å²) in [5.41, 5.74) is 1.01. The zero-order valence-electron chi connectivity index (χ0n) is 41.3. The van der Waals surface area contributed by atoms with Gasteiger partial charge in [0.2, 0.25) is 0 Å². The predicted octanol–water partition coefficient (Wildman–Crippen LogP) is 9.69.